The van der Waals surface area contributed by atoms with Crippen LogP contribution in [-0.4, -0.2) is 74.5 Å². The smallest absolute Gasteiger partial charge is 0.227 e. The summed E-state index contributed by atoms with van der Waals surface area (Å²) in [6, 6.07) is 8.39. The molecule has 0 saturated carbocycles. The van der Waals surface area contributed by atoms with Crippen molar-refractivity contribution in [2.75, 3.05) is 44.2 Å². The Morgan fingerprint density at radius 1 is 1.05 bits per heavy atom. The molecular weight excluding hydrogens is 466 g/mol. The molecule has 2 fully saturated rings. The number of hydrogen-bond donors (Lipinski definition) is 1. The van der Waals surface area contributed by atoms with Gasteiger partial charge in [-0.1, -0.05) is 0 Å². The predicted molar refractivity (Wildman–Crippen MR) is 140 cm³/mol. The van der Waals surface area contributed by atoms with Gasteiger partial charge in [0, 0.05) is 80.6 Å². The number of fused-ring (bicyclic) bond motifs is 1. The van der Waals surface area contributed by atoms with E-state index in [-0.39, 0.29) is 11.8 Å². The Labute approximate surface area is 215 Å². The Balaban J connectivity index is 1.23. The minimum atomic E-state index is 0.110. The van der Waals surface area contributed by atoms with E-state index >= 15 is 0 Å². The number of piperazine rings is 1. The van der Waals surface area contributed by atoms with Crippen molar-refractivity contribution in [2.24, 2.45) is 13.0 Å². The van der Waals surface area contributed by atoms with Crippen LogP contribution in [0.3, 0.4) is 0 Å². The number of hydrogen-bond acceptors (Lipinski definition) is 7. The monoisotopic (exact) mass is 495 g/mol. The quantitative estimate of drug-likeness (QED) is 0.463. The molecule has 1 unspecified atom stereocenters. The van der Waals surface area contributed by atoms with Gasteiger partial charge in [0.15, 0.2) is 0 Å². The van der Waals surface area contributed by atoms with Crippen molar-refractivity contribution in [3.63, 3.8) is 0 Å². The first kappa shape index (κ1) is 23.2. The van der Waals surface area contributed by atoms with Crippen molar-refractivity contribution in [1.29, 1.82) is 5.26 Å². The minimum absolute atomic E-state index is 0.110. The van der Waals surface area contributed by atoms with E-state index in [2.05, 4.69) is 32.5 Å². The molecule has 0 radical (unpaired) electrons. The third-order valence-corrected chi connectivity index (χ3v) is 7.39. The van der Waals surface area contributed by atoms with Crippen LogP contribution >= 0.6 is 0 Å². The van der Waals surface area contributed by atoms with Gasteiger partial charge in [0.2, 0.25) is 5.91 Å². The number of rotatable bonds is 4. The van der Waals surface area contributed by atoms with E-state index < -0.39 is 0 Å². The first-order valence-electron chi connectivity index (χ1n) is 12.7. The molecular formula is C27H29N9O. The van der Waals surface area contributed by atoms with Gasteiger partial charge >= 0.3 is 0 Å². The highest BCUT2D eigenvalue weighted by Gasteiger charge is 2.28. The zero-order valence-corrected chi connectivity index (χ0v) is 20.8. The van der Waals surface area contributed by atoms with E-state index in [1.54, 1.807) is 15.4 Å². The molecule has 2 aliphatic rings. The number of nitrogens with zero attached hydrogens (tertiary/aromatic N) is 8. The van der Waals surface area contributed by atoms with Crippen LogP contribution in [0.25, 0.3) is 27.8 Å². The summed E-state index contributed by atoms with van der Waals surface area (Å²) in [4.78, 5) is 21.9. The summed E-state index contributed by atoms with van der Waals surface area (Å²) in [5.74, 6) is 1.28. The van der Waals surface area contributed by atoms with E-state index in [0.717, 1.165) is 72.6 Å². The van der Waals surface area contributed by atoms with E-state index in [4.69, 9.17) is 4.98 Å². The summed E-state index contributed by atoms with van der Waals surface area (Å²) < 4.78 is 3.51. The normalized spacial score (nSPS) is 18.2. The minimum Gasteiger partial charge on any atom is -0.353 e. The van der Waals surface area contributed by atoms with Gasteiger partial charge in [0.05, 0.1) is 29.4 Å². The zero-order valence-electron chi connectivity index (χ0n) is 20.8. The van der Waals surface area contributed by atoms with E-state index in [9.17, 15) is 10.1 Å². The Kier molecular flexibility index (Phi) is 6.06. The Morgan fingerprint density at radius 2 is 1.92 bits per heavy atom. The fourth-order valence-electron chi connectivity index (χ4n) is 5.36. The highest BCUT2D eigenvalue weighted by molar-refractivity contribution is 5.87. The summed E-state index contributed by atoms with van der Waals surface area (Å²) in [5, 5.41) is 21.7. The van der Waals surface area contributed by atoms with Crippen molar-refractivity contribution < 1.29 is 4.79 Å². The molecule has 37 heavy (non-hydrogen) atoms. The number of pyridine rings is 2. The van der Waals surface area contributed by atoms with E-state index in [0.29, 0.717) is 18.7 Å². The van der Waals surface area contributed by atoms with Crippen LogP contribution in [0.15, 0.2) is 49.2 Å². The molecule has 0 aromatic carbocycles. The van der Waals surface area contributed by atoms with Crippen molar-refractivity contribution >= 4 is 17.2 Å². The first-order chi connectivity index (χ1) is 18.1. The number of aryl methyl sites for hydroxylation is 1. The summed E-state index contributed by atoms with van der Waals surface area (Å²) >= 11 is 0. The summed E-state index contributed by atoms with van der Waals surface area (Å²) in [6.45, 7) is 4.77. The van der Waals surface area contributed by atoms with Crippen LogP contribution in [-0.2, 0) is 11.8 Å². The average molecular weight is 496 g/mol. The number of carbonyl (C=O) groups excluding carboxylic acids is 1. The summed E-state index contributed by atoms with van der Waals surface area (Å²) in [7, 11) is 1.89. The zero-order chi connectivity index (χ0) is 25.4. The van der Waals surface area contributed by atoms with Gasteiger partial charge in [0.1, 0.15) is 11.9 Å². The molecule has 1 atom stereocenters. The molecule has 2 aliphatic heterocycles. The van der Waals surface area contributed by atoms with Crippen molar-refractivity contribution in [2.45, 2.75) is 12.8 Å². The van der Waals surface area contributed by atoms with E-state index in [1.165, 1.54) is 0 Å². The topological polar surface area (TPSA) is 107 Å². The lowest BCUT2D eigenvalue weighted by atomic mass is 9.98. The van der Waals surface area contributed by atoms with Gasteiger partial charge in [0.25, 0.3) is 0 Å². The number of anilines is 1. The number of piperidine rings is 1. The fraction of sp³-hybridized carbons (Fsp3) is 0.370. The first-order valence-corrected chi connectivity index (χ1v) is 12.7. The van der Waals surface area contributed by atoms with Crippen LogP contribution < -0.4 is 10.2 Å². The molecule has 188 valence electrons. The lowest BCUT2D eigenvalue weighted by molar-refractivity contribution is -0.136. The number of amides is 1. The second kappa shape index (κ2) is 9.67. The summed E-state index contributed by atoms with van der Waals surface area (Å²) in [5.41, 5.74) is 5.02. The molecule has 1 amide bonds. The SMILES string of the molecule is Cn1cc(-c2cc(-c3ccc(N4CCN(C(=O)C5CCCNC5)CC4)nc3)c3c(C#N)cnn3c2)cn1. The molecule has 10 heteroatoms. The third-order valence-electron chi connectivity index (χ3n) is 7.39. The Hall–Kier alpha value is -4.23. The Morgan fingerprint density at radius 3 is 2.59 bits per heavy atom. The van der Waals surface area contributed by atoms with Crippen molar-refractivity contribution in [1.82, 2.24) is 34.6 Å². The highest BCUT2D eigenvalue weighted by atomic mass is 16.2. The molecule has 0 bridgehead atoms. The van der Waals surface area contributed by atoms with Gasteiger partial charge in [-0.3, -0.25) is 9.48 Å². The van der Waals surface area contributed by atoms with Crippen molar-refractivity contribution in [3.05, 3.63) is 54.7 Å². The van der Waals surface area contributed by atoms with Gasteiger partial charge in [-0.05, 0) is 37.6 Å². The van der Waals surface area contributed by atoms with Crippen LogP contribution in [0.4, 0.5) is 5.82 Å². The highest BCUT2D eigenvalue weighted by Crippen LogP contribution is 2.32. The van der Waals surface area contributed by atoms with E-state index in [1.807, 2.05) is 48.9 Å². The number of nitrogens with one attached hydrogen (secondary N) is 1. The Bertz CT molecular complexity index is 1470. The lowest BCUT2D eigenvalue weighted by Crippen LogP contribution is -2.52. The molecule has 4 aromatic rings. The maximum atomic E-state index is 12.9. The largest absolute Gasteiger partial charge is 0.353 e. The lowest BCUT2D eigenvalue weighted by Gasteiger charge is -2.37. The van der Waals surface area contributed by atoms with Crippen LogP contribution in [0.2, 0.25) is 0 Å². The van der Waals surface area contributed by atoms with Gasteiger partial charge in [-0.25, -0.2) is 9.50 Å². The molecule has 6 rings (SSSR count). The molecule has 0 spiro atoms. The number of aromatic nitrogens is 5. The summed E-state index contributed by atoms with van der Waals surface area (Å²) in [6.07, 6.45) is 11.2. The maximum Gasteiger partial charge on any atom is 0.227 e. The van der Waals surface area contributed by atoms with Crippen molar-refractivity contribution in [3.8, 4) is 28.3 Å². The third kappa shape index (κ3) is 4.42. The maximum absolute atomic E-state index is 12.9. The fourth-order valence-corrected chi connectivity index (χ4v) is 5.36. The average Bonchev–Trinajstić information content (AvgIpc) is 3.59. The van der Waals surface area contributed by atoms with Gasteiger partial charge in [-0.15, -0.1) is 0 Å². The second-order valence-corrected chi connectivity index (χ2v) is 9.77. The molecule has 1 N–H and O–H groups in total. The standard InChI is InChI=1S/C27H29N9O/c1-33-17-23(16-31-33)21-11-24(26-22(12-28)15-32-36(26)18-21)19-4-5-25(30-14-19)34-7-9-35(10-8-34)27(37)20-3-2-6-29-13-20/h4-5,11,14-18,20,29H,2-3,6-10,13H2,1H3. The van der Waals surface area contributed by atoms with Gasteiger partial charge < -0.3 is 15.1 Å². The van der Waals surface area contributed by atoms with Crippen LogP contribution in [0.5, 0.6) is 0 Å². The molecule has 6 heterocycles. The predicted octanol–water partition coefficient (Wildman–Crippen LogP) is 2.32. The molecule has 4 aromatic heterocycles. The molecule has 0 aliphatic carbocycles. The number of carbonyl (C=O) groups is 1. The molecule has 2 saturated heterocycles. The van der Waals surface area contributed by atoms with Gasteiger partial charge in [-0.2, -0.15) is 15.5 Å². The number of nitriles is 1. The van der Waals surface area contributed by atoms with Crippen LogP contribution in [0, 0.1) is 17.2 Å². The second-order valence-electron chi connectivity index (χ2n) is 9.77. The molecule has 10 nitrogen and oxygen atoms in total. The van der Waals surface area contributed by atoms with Crippen LogP contribution in [0.1, 0.15) is 18.4 Å².